The summed E-state index contributed by atoms with van der Waals surface area (Å²) in [6.07, 6.45) is 0. The van der Waals surface area contributed by atoms with Crippen LogP contribution in [0, 0.1) is 0 Å². The second-order valence-electron chi connectivity index (χ2n) is 4.85. The predicted octanol–water partition coefficient (Wildman–Crippen LogP) is 1.76. The van der Waals surface area contributed by atoms with Crippen molar-refractivity contribution in [3.8, 4) is 17.2 Å². The number of rotatable bonds is 6. The lowest BCUT2D eigenvalue weighted by atomic mass is 10.0. The first-order valence-electron chi connectivity index (χ1n) is 7.06. The molecule has 0 bridgehead atoms. The van der Waals surface area contributed by atoms with E-state index in [1.165, 1.54) is 0 Å². The van der Waals surface area contributed by atoms with Gasteiger partial charge in [-0.05, 0) is 6.07 Å². The van der Waals surface area contributed by atoms with Crippen molar-refractivity contribution < 1.29 is 14.2 Å². The SMILES string of the molecule is COc1cc(OC)c(C(CN)N2CCSCC2)cc1OC. The van der Waals surface area contributed by atoms with E-state index in [-0.39, 0.29) is 6.04 Å². The molecule has 1 aliphatic heterocycles. The van der Waals surface area contributed by atoms with Crippen molar-refractivity contribution in [2.45, 2.75) is 6.04 Å². The van der Waals surface area contributed by atoms with Crippen molar-refractivity contribution in [2.24, 2.45) is 5.73 Å². The molecule has 1 unspecified atom stereocenters. The molecule has 0 radical (unpaired) electrons. The number of nitrogens with zero attached hydrogens (tertiary/aromatic N) is 1. The predicted molar refractivity (Wildman–Crippen MR) is 86.8 cm³/mol. The van der Waals surface area contributed by atoms with Gasteiger partial charge in [-0.25, -0.2) is 0 Å². The van der Waals surface area contributed by atoms with Gasteiger partial charge >= 0.3 is 0 Å². The number of benzene rings is 1. The zero-order valence-electron chi connectivity index (χ0n) is 12.9. The standard InChI is InChI=1S/C15H24N2O3S/c1-18-13-9-15(20-3)14(19-2)8-11(13)12(10-16)17-4-6-21-7-5-17/h8-9,12H,4-7,10,16H2,1-3H3. The van der Waals surface area contributed by atoms with Crippen LogP contribution in [-0.2, 0) is 0 Å². The molecule has 0 aromatic heterocycles. The first-order chi connectivity index (χ1) is 10.2. The Morgan fingerprint density at radius 1 is 1.05 bits per heavy atom. The maximum absolute atomic E-state index is 6.05. The average molecular weight is 312 g/mol. The minimum absolute atomic E-state index is 0.139. The van der Waals surface area contributed by atoms with E-state index in [0.29, 0.717) is 18.0 Å². The number of thioether (sulfide) groups is 1. The maximum Gasteiger partial charge on any atom is 0.164 e. The fourth-order valence-electron chi connectivity index (χ4n) is 2.68. The molecular weight excluding hydrogens is 288 g/mol. The number of hydrogen-bond acceptors (Lipinski definition) is 6. The van der Waals surface area contributed by atoms with Crippen molar-refractivity contribution in [2.75, 3.05) is 52.5 Å². The van der Waals surface area contributed by atoms with Crippen LogP contribution >= 0.6 is 11.8 Å². The molecule has 1 atom stereocenters. The number of methoxy groups -OCH3 is 3. The van der Waals surface area contributed by atoms with Crippen molar-refractivity contribution in [3.05, 3.63) is 17.7 Å². The highest BCUT2D eigenvalue weighted by Crippen LogP contribution is 2.39. The zero-order chi connectivity index (χ0) is 15.2. The zero-order valence-corrected chi connectivity index (χ0v) is 13.7. The van der Waals surface area contributed by atoms with Crippen LogP contribution in [0.25, 0.3) is 0 Å². The van der Waals surface area contributed by atoms with Gasteiger partial charge in [-0.15, -0.1) is 0 Å². The fourth-order valence-corrected chi connectivity index (χ4v) is 3.61. The molecule has 1 aromatic rings. The average Bonchev–Trinajstić information content (AvgIpc) is 2.56. The van der Waals surface area contributed by atoms with Gasteiger partial charge < -0.3 is 19.9 Å². The summed E-state index contributed by atoms with van der Waals surface area (Å²) in [5, 5.41) is 0. The van der Waals surface area contributed by atoms with Crippen molar-refractivity contribution in [1.82, 2.24) is 4.90 Å². The van der Waals surface area contributed by atoms with E-state index >= 15 is 0 Å². The summed E-state index contributed by atoms with van der Waals surface area (Å²) in [5.41, 5.74) is 7.10. The Hall–Kier alpha value is -1.11. The minimum atomic E-state index is 0.139. The van der Waals surface area contributed by atoms with Crippen LogP contribution in [0.4, 0.5) is 0 Å². The Morgan fingerprint density at radius 3 is 2.14 bits per heavy atom. The molecular formula is C15H24N2O3S. The third kappa shape index (κ3) is 3.56. The summed E-state index contributed by atoms with van der Waals surface area (Å²) in [7, 11) is 4.94. The van der Waals surface area contributed by atoms with Crippen LogP contribution in [0.5, 0.6) is 17.2 Å². The van der Waals surface area contributed by atoms with Gasteiger partial charge in [0, 0.05) is 42.8 Å². The fraction of sp³-hybridized carbons (Fsp3) is 0.600. The van der Waals surface area contributed by atoms with Gasteiger partial charge in [0.2, 0.25) is 0 Å². The molecule has 0 aliphatic carbocycles. The van der Waals surface area contributed by atoms with Crippen LogP contribution in [0.1, 0.15) is 11.6 Å². The van der Waals surface area contributed by atoms with Crippen molar-refractivity contribution in [3.63, 3.8) is 0 Å². The molecule has 0 spiro atoms. The second-order valence-corrected chi connectivity index (χ2v) is 6.07. The molecule has 2 rings (SSSR count). The molecule has 1 heterocycles. The highest BCUT2D eigenvalue weighted by atomic mass is 32.2. The maximum atomic E-state index is 6.05. The van der Waals surface area contributed by atoms with E-state index in [1.54, 1.807) is 21.3 Å². The number of hydrogen-bond donors (Lipinski definition) is 1. The molecule has 6 heteroatoms. The monoisotopic (exact) mass is 312 g/mol. The van der Waals surface area contributed by atoms with E-state index in [0.717, 1.165) is 35.9 Å². The molecule has 1 fully saturated rings. The third-order valence-electron chi connectivity index (χ3n) is 3.80. The van der Waals surface area contributed by atoms with Crippen molar-refractivity contribution >= 4 is 11.8 Å². The Kier molecular flexibility index (Phi) is 6.02. The van der Waals surface area contributed by atoms with Gasteiger partial charge in [-0.1, -0.05) is 0 Å². The molecule has 0 saturated carbocycles. The van der Waals surface area contributed by atoms with Crippen LogP contribution in [0.3, 0.4) is 0 Å². The Bertz CT molecular complexity index is 464. The molecule has 0 amide bonds. The largest absolute Gasteiger partial charge is 0.496 e. The molecule has 1 aliphatic rings. The first-order valence-corrected chi connectivity index (χ1v) is 8.22. The summed E-state index contributed by atoms with van der Waals surface area (Å²) in [5.74, 6) is 4.46. The Labute approximate surface area is 130 Å². The Balaban J connectivity index is 2.38. The second kappa shape index (κ2) is 7.77. The normalized spacial score (nSPS) is 17.3. The van der Waals surface area contributed by atoms with E-state index in [2.05, 4.69) is 4.90 Å². The van der Waals surface area contributed by atoms with Crippen LogP contribution in [0.2, 0.25) is 0 Å². The van der Waals surface area contributed by atoms with Crippen molar-refractivity contribution in [1.29, 1.82) is 0 Å². The topological polar surface area (TPSA) is 57.0 Å². The molecule has 1 saturated heterocycles. The highest BCUT2D eigenvalue weighted by molar-refractivity contribution is 7.99. The van der Waals surface area contributed by atoms with Gasteiger partial charge in [0.05, 0.1) is 27.4 Å². The van der Waals surface area contributed by atoms with E-state index < -0.39 is 0 Å². The lowest BCUT2D eigenvalue weighted by Gasteiger charge is -2.34. The number of ether oxygens (including phenoxy) is 3. The summed E-state index contributed by atoms with van der Waals surface area (Å²) < 4.78 is 16.3. The third-order valence-corrected chi connectivity index (χ3v) is 4.75. The lowest BCUT2D eigenvalue weighted by Crippen LogP contribution is -2.39. The van der Waals surface area contributed by atoms with E-state index in [1.807, 2.05) is 23.9 Å². The highest BCUT2D eigenvalue weighted by Gasteiger charge is 2.25. The quantitative estimate of drug-likeness (QED) is 0.864. The van der Waals surface area contributed by atoms with Gasteiger partial charge in [0.1, 0.15) is 5.75 Å². The number of nitrogens with two attached hydrogens (primary N) is 1. The first kappa shape index (κ1) is 16.3. The van der Waals surface area contributed by atoms with E-state index in [4.69, 9.17) is 19.9 Å². The van der Waals surface area contributed by atoms with Crippen LogP contribution in [-0.4, -0.2) is 57.4 Å². The summed E-state index contributed by atoms with van der Waals surface area (Å²) in [6, 6.07) is 3.99. The molecule has 118 valence electrons. The molecule has 21 heavy (non-hydrogen) atoms. The van der Waals surface area contributed by atoms with Gasteiger partial charge in [0.15, 0.2) is 11.5 Å². The van der Waals surface area contributed by atoms with Crippen LogP contribution in [0.15, 0.2) is 12.1 Å². The minimum Gasteiger partial charge on any atom is -0.496 e. The van der Waals surface area contributed by atoms with Crippen LogP contribution < -0.4 is 19.9 Å². The molecule has 5 nitrogen and oxygen atoms in total. The van der Waals surface area contributed by atoms with Gasteiger partial charge in [-0.2, -0.15) is 11.8 Å². The molecule has 2 N–H and O–H groups in total. The summed E-state index contributed by atoms with van der Waals surface area (Å²) >= 11 is 1.99. The van der Waals surface area contributed by atoms with E-state index in [9.17, 15) is 0 Å². The lowest BCUT2D eigenvalue weighted by molar-refractivity contribution is 0.217. The van der Waals surface area contributed by atoms with Gasteiger partial charge in [-0.3, -0.25) is 4.90 Å². The van der Waals surface area contributed by atoms with Gasteiger partial charge in [0.25, 0.3) is 0 Å². The Morgan fingerprint density at radius 2 is 1.62 bits per heavy atom. The smallest absolute Gasteiger partial charge is 0.164 e. The summed E-state index contributed by atoms with van der Waals surface area (Å²) in [6.45, 7) is 2.64. The summed E-state index contributed by atoms with van der Waals surface area (Å²) in [4.78, 5) is 2.42. The molecule has 1 aromatic carbocycles.